The fourth-order valence-electron chi connectivity index (χ4n) is 8.72. The second-order valence-corrected chi connectivity index (χ2v) is 15.2. The molecule has 4 aromatic heterocycles. The maximum absolute atomic E-state index is 7.01. The molecule has 0 amide bonds. The topological polar surface area (TPSA) is 24.0 Å². The van der Waals surface area contributed by atoms with Crippen molar-refractivity contribution in [2.45, 2.75) is 0 Å². The third-order valence-corrected chi connectivity index (χ3v) is 12.2. The van der Waals surface area contributed by atoms with E-state index in [1.807, 2.05) is 11.3 Å². The number of anilines is 6. The fourth-order valence-corrected chi connectivity index (χ4v) is 9.96. The molecule has 0 radical (unpaired) electrons. The summed E-state index contributed by atoms with van der Waals surface area (Å²) in [4.78, 5) is 4.72. The van der Waals surface area contributed by atoms with E-state index >= 15 is 0 Å². The van der Waals surface area contributed by atoms with Gasteiger partial charge in [0.25, 0.3) is 0 Å². The number of furan rings is 1. The molecule has 0 saturated heterocycles. The highest BCUT2D eigenvalue weighted by Crippen LogP contribution is 2.52. The lowest BCUT2D eigenvalue weighted by atomic mass is 10.0. The molecule has 0 fully saturated rings. The number of hydrogen-bond donors (Lipinski definition) is 0. The number of para-hydroxylation sites is 4. The molecule has 0 N–H and O–H groups in total. The number of fused-ring (bicyclic) bond motifs is 11. The molecule has 0 unspecified atom stereocenters. The number of rotatable bonds is 6. The maximum Gasteiger partial charge on any atom is 0.213 e. The first-order chi connectivity index (χ1) is 27.3. The van der Waals surface area contributed by atoms with Gasteiger partial charge < -0.3 is 14.2 Å². The third kappa shape index (κ3) is 4.45. The standard InChI is InChI=1S/C50H31N3OS/c1-5-15-34(16-6-1)51(35-17-7-2-8-18-35)38-26-25-32-31-43-41(30-33(32)29-38)45-40-27-28-42(52(36-19-9-3-10-20-36)37-21-11-4-12-22-37)46-47(40)53(50(45)54-43)48-39-23-13-14-24-44(39)55-49(46)48/h1-31H. The van der Waals surface area contributed by atoms with Crippen molar-refractivity contribution in [2.75, 3.05) is 9.80 Å². The zero-order valence-electron chi connectivity index (χ0n) is 29.6. The minimum atomic E-state index is 0.891. The van der Waals surface area contributed by atoms with Crippen molar-refractivity contribution < 1.29 is 4.42 Å². The van der Waals surface area contributed by atoms with Gasteiger partial charge in [0, 0.05) is 54.7 Å². The number of benzene rings is 8. The molecular weight excluding hydrogens is 691 g/mol. The summed E-state index contributed by atoms with van der Waals surface area (Å²) in [5, 5.41) is 8.27. The minimum absolute atomic E-state index is 0.891. The van der Waals surface area contributed by atoms with E-state index in [-0.39, 0.29) is 0 Å². The summed E-state index contributed by atoms with van der Waals surface area (Å²) in [7, 11) is 0. The molecule has 12 aromatic rings. The van der Waals surface area contributed by atoms with Crippen LogP contribution in [0.15, 0.2) is 192 Å². The Morgan fingerprint density at radius 1 is 0.418 bits per heavy atom. The van der Waals surface area contributed by atoms with Crippen LogP contribution in [-0.4, -0.2) is 4.40 Å². The summed E-state index contributed by atoms with van der Waals surface area (Å²) < 4.78 is 12.0. The lowest BCUT2D eigenvalue weighted by Gasteiger charge is -2.26. The summed E-state index contributed by atoms with van der Waals surface area (Å²) in [6.45, 7) is 0. The van der Waals surface area contributed by atoms with Crippen LogP contribution in [0.1, 0.15) is 0 Å². The number of aromatic nitrogens is 1. The number of hydrogen-bond acceptors (Lipinski definition) is 4. The van der Waals surface area contributed by atoms with Crippen LogP contribution in [0.3, 0.4) is 0 Å². The zero-order chi connectivity index (χ0) is 36.0. The quantitative estimate of drug-likeness (QED) is 0.171. The van der Waals surface area contributed by atoms with E-state index < -0.39 is 0 Å². The Hall–Kier alpha value is -7.08. The first kappa shape index (κ1) is 30.4. The van der Waals surface area contributed by atoms with Gasteiger partial charge >= 0.3 is 0 Å². The molecule has 0 aliphatic heterocycles. The van der Waals surface area contributed by atoms with E-state index in [2.05, 4.69) is 202 Å². The van der Waals surface area contributed by atoms with Gasteiger partial charge in [-0.15, -0.1) is 11.3 Å². The summed E-state index contributed by atoms with van der Waals surface area (Å²) in [6, 6.07) is 67.3. The van der Waals surface area contributed by atoms with Crippen molar-refractivity contribution in [3.8, 4) is 0 Å². The van der Waals surface area contributed by atoms with Crippen molar-refractivity contribution in [1.29, 1.82) is 0 Å². The van der Waals surface area contributed by atoms with Crippen LogP contribution >= 0.6 is 11.3 Å². The maximum atomic E-state index is 7.01. The van der Waals surface area contributed by atoms with Gasteiger partial charge in [-0.3, -0.25) is 4.40 Å². The van der Waals surface area contributed by atoms with E-state index in [0.717, 1.165) is 61.6 Å². The van der Waals surface area contributed by atoms with Gasteiger partial charge in [-0.2, -0.15) is 0 Å². The number of nitrogens with zero attached hydrogens (tertiary/aromatic N) is 3. The van der Waals surface area contributed by atoms with Crippen molar-refractivity contribution in [1.82, 2.24) is 4.40 Å². The molecule has 55 heavy (non-hydrogen) atoms. The Kier molecular flexibility index (Phi) is 6.47. The van der Waals surface area contributed by atoms with Crippen LogP contribution in [-0.2, 0) is 0 Å². The average molecular weight is 722 g/mol. The summed E-state index contributed by atoms with van der Waals surface area (Å²) in [5.41, 5.74) is 10.9. The Balaban J connectivity index is 1.15. The van der Waals surface area contributed by atoms with E-state index in [0.29, 0.717) is 0 Å². The third-order valence-electron chi connectivity index (χ3n) is 11.0. The lowest BCUT2D eigenvalue weighted by Crippen LogP contribution is -2.10. The normalized spacial score (nSPS) is 12.0. The van der Waals surface area contributed by atoms with Gasteiger partial charge in [0.2, 0.25) is 5.71 Å². The molecule has 12 rings (SSSR count). The van der Waals surface area contributed by atoms with Crippen molar-refractivity contribution >= 4 is 115 Å². The van der Waals surface area contributed by atoms with Crippen molar-refractivity contribution in [3.63, 3.8) is 0 Å². The average Bonchev–Trinajstić information content (AvgIpc) is 3.98. The highest BCUT2D eigenvalue weighted by molar-refractivity contribution is 7.26. The van der Waals surface area contributed by atoms with E-state index in [9.17, 15) is 0 Å². The predicted octanol–water partition coefficient (Wildman–Crippen LogP) is 14.9. The minimum Gasteiger partial charge on any atom is -0.439 e. The fraction of sp³-hybridized carbons (Fsp3) is 0. The van der Waals surface area contributed by atoms with E-state index in [1.165, 1.54) is 42.0 Å². The molecule has 0 spiro atoms. The molecule has 258 valence electrons. The van der Waals surface area contributed by atoms with Crippen LogP contribution in [0.25, 0.3) is 69.4 Å². The van der Waals surface area contributed by atoms with Gasteiger partial charge in [0.1, 0.15) is 5.58 Å². The van der Waals surface area contributed by atoms with Gasteiger partial charge in [-0.1, -0.05) is 97.1 Å². The Labute approximate surface area is 320 Å². The van der Waals surface area contributed by atoms with Crippen LogP contribution in [0.5, 0.6) is 0 Å². The Morgan fingerprint density at radius 2 is 1.02 bits per heavy atom. The molecule has 0 atom stereocenters. The van der Waals surface area contributed by atoms with Crippen LogP contribution in [0.4, 0.5) is 34.1 Å². The molecule has 4 heterocycles. The first-order valence-corrected chi connectivity index (χ1v) is 19.4. The highest BCUT2D eigenvalue weighted by atomic mass is 32.1. The largest absolute Gasteiger partial charge is 0.439 e. The molecule has 0 aliphatic rings. The van der Waals surface area contributed by atoms with Gasteiger partial charge in [-0.25, -0.2) is 0 Å². The molecule has 0 bridgehead atoms. The first-order valence-electron chi connectivity index (χ1n) is 18.6. The Bertz CT molecular complexity index is 3290. The van der Waals surface area contributed by atoms with Crippen molar-refractivity contribution in [2.24, 2.45) is 0 Å². The summed E-state index contributed by atoms with van der Waals surface area (Å²) >= 11 is 1.87. The van der Waals surface area contributed by atoms with Gasteiger partial charge in [0.15, 0.2) is 0 Å². The van der Waals surface area contributed by atoms with Gasteiger partial charge in [-0.05, 0) is 102 Å². The van der Waals surface area contributed by atoms with E-state index in [4.69, 9.17) is 4.42 Å². The Morgan fingerprint density at radius 3 is 1.67 bits per heavy atom. The lowest BCUT2D eigenvalue weighted by molar-refractivity contribution is 0.652. The van der Waals surface area contributed by atoms with Gasteiger partial charge in [0.05, 0.1) is 26.8 Å². The highest BCUT2D eigenvalue weighted by Gasteiger charge is 2.29. The summed E-state index contributed by atoms with van der Waals surface area (Å²) in [6.07, 6.45) is 0. The molecular formula is C50H31N3OS. The summed E-state index contributed by atoms with van der Waals surface area (Å²) in [5.74, 6) is 0. The van der Waals surface area contributed by atoms with Crippen LogP contribution in [0.2, 0.25) is 0 Å². The zero-order valence-corrected chi connectivity index (χ0v) is 30.4. The number of thiophene rings is 1. The molecule has 0 aliphatic carbocycles. The SMILES string of the molecule is c1ccc(N(c2ccccc2)c2ccc3cc4oc5c(c4cc3c2)c2ccc(N(c3ccccc3)c3ccccc3)c3c4sc6ccccc6c4n5c23)cc1. The van der Waals surface area contributed by atoms with E-state index in [1.54, 1.807) is 0 Å². The molecule has 0 saturated carbocycles. The second kappa shape index (κ2) is 11.7. The predicted molar refractivity (Wildman–Crippen MR) is 233 cm³/mol. The molecule has 5 heteroatoms. The second-order valence-electron chi connectivity index (χ2n) is 14.1. The van der Waals surface area contributed by atoms with Crippen LogP contribution in [0, 0.1) is 0 Å². The van der Waals surface area contributed by atoms with Crippen molar-refractivity contribution in [3.05, 3.63) is 188 Å². The van der Waals surface area contributed by atoms with Crippen LogP contribution < -0.4 is 9.80 Å². The smallest absolute Gasteiger partial charge is 0.213 e. The monoisotopic (exact) mass is 721 g/mol. The molecule has 8 aromatic carbocycles. The molecule has 4 nitrogen and oxygen atoms in total.